The molecule has 138 valence electrons. The van der Waals surface area contributed by atoms with Crippen LogP contribution in [0, 0.1) is 0 Å². The summed E-state index contributed by atoms with van der Waals surface area (Å²) in [5.74, 6) is -3.34. The van der Waals surface area contributed by atoms with Gasteiger partial charge >= 0.3 is 11.9 Å². The fraction of sp³-hybridized carbons (Fsp3) is 0.625. The Kier molecular flexibility index (Phi) is 6.13. The molecule has 9 nitrogen and oxygen atoms in total. The number of hydrogen-bond acceptors (Lipinski definition) is 5. The van der Waals surface area contributed by atoms with Crippen molar-refractivity contribution >= 4 is 23.8 Å². The Bertz CT molecular complexity index is 590. The van der Waals surface area contributed by atoms with Crippen LogP contribution >= 0.6 is 0 Å². The molecule has 0 spiro atoms. The van der Waals surface area contributed by atoms with Gasteiger partial charge in [-0.05, 0) is 32.1 Å². The summed E-state index contributed by atoms with van der Waals surface area (Å²) in [5, 5.41) is 20.2. The van der Waals surface area contributed by atoms with Crippen LogP contribution in [0.3, 0.4) is 0 Å². The van der Waals surface area contributed by atoms with Crippen molar-refractivity contribution in [3.8, 4) is 0 Å². The lowest BCUT2D eigenvalue weighted by Gasteiger charge is -2.33. The first-order chi connectivity index (χ1) is 11.8. The molecule has 2 amide bonds. The molecule has 2 aliphatic rings. The average Bonchev–Trinajstić information content (AvgIpc) is 2.96. The van der Waals surface area contributed by atoms with E-state index < -0.39 is 36.0 Å². The third-order valence-electron chi connectivity index (χ3n) is 4.60. The van der Waals surface area contributed by atoms with E-state index in [2.05, 4.69) is 5.32 Å². The molecule has 0 unspecified atom stereocenters. The van der Waals surface area contributed by atoms with Gasteiger partial charge in [-0.2, -0.15) is 0 Å². The van der Waals surface area contributed by atoms with Gasteiger partial charge in [-0.15, -0.1) is 0 Å². The number of carboxylic acids is 2. The molecule has 9 heteroatoms. The topological polar surface area (TPSA) is 150 Å². The molecule has 0 saturated carbocycles. The molecule has 4 atom stereocenters. The van der Waals surface area contributed by atoms with Crippen molar-refractivity contribution in [1.82, 2.24) is 10.2 Å². The maximum atomic E-state index is 12.5. The van der Waals surface area contributed by atoms with Crippen LogP contribution in [-0.2, 0) is 19.2 Å². The van der Waals surface area contributed by atoms with Crippen LogP contribution in [0.1, 0.15) is 38.5 Å². The normalized spacial score (nSPS) is 28.4. The second-order valence-corrected chi connectivity index (χ2v) is 6.37. The lowest BCUT2D eigenvalue weighted by molar-refractivity contribution is -0.145. The first kappa shape index (κ1) is 18.9. The van der Waals surface area contributed by atoms with Gasteiger partial charge in [0.25, 0.3) is 0 Å². The summed E-state index contributed by atoms with van der Waals surface area (Å²) in [6.45, 7) is 0. The minimum absolute atomic E-state index is 0.131. The molecule has 25 heavy (non-hydrogen) atoms. The number of carbonyl (C=O) groups excluding carboxylic acids is 2. The summed E-state index contributed by atoms with van der Waals surface area (Å²) in [5.41, 5.74) is 5.86. The number of rotatable bonds is 6. The molecule has 0 aliphatic carbocycles. The van der Waals surface area contributed by atoms with E-state index in [1.54, 1.807) is 0 Å². The molecular formula is C16H23N3O6. The molecule has 5 N–H and O–H groups in total. The standard InChI is InChI=1S/C16H23N3O6/c17-10-4-2-1-3-9-5-7-12(19(9)15(10)23)14(22)18-11(16(24)25)6-8-13(20)21/h1-2,9-12H,3-8,17H2,(H,18,22)(H,20,21)(H,24,25)/b2-1-/t9-,10+,11+,12+/m1/s1. The second kappa shape index (κ2) is 8.11. The Morgan fingerprint density at radius 1 is 1.24 bits per heavy atom. The number of nitrogens with zero attached hydrogens (tertiary/aromatic N) is 1. The molecule has 0 aromatic carbocycles. The molecule has 0 bridgehead atoms. The van der Waals surface area contributed by atoms with Gasteiger partial charge in [0.1, 0.15) is 12.1 Å². The zero-order chi connectivity index (χ0) is 18.6. The van der Waals surface area contributed by atoms with Crippen LogP contribution in [0.25, 0.3) is 0 Å². The van der Waals surface area contributed by atoms with Gasteiger partial charge in [-0.3, -0.25) is 14.4 Å². The highest BCUT2D eigenvalue weighted by atomic mass is 16.4. The highest BCUT2D eigenvalue weighted by Gasteiger charge is 2.42. The summed E-state index contributed by atoms with van der Waals surface area (Å²) in [7, 11) is 0. The maximum absolute atomic E-state index is 12.5. The third-order valence-corrected chi connectivity index (χ3v) is 4.60. The second-order valence-electron chi connectivity index (χ2n) is 6.37. The summed E-state index contributed by atoms with van der Waals surface area (Å²) in [6.07, 6.45) is 5.29. The first-order valence-electron chi connectivity index (χ1n) is 8.29. The van der Waals surface area contributed by atoms with Crippen molar-refractivity contribution in [3.63, 3.8) is 0 Å². The number of fused-ring (bicyclic) bond motifs is 1. The molecule has 2 rings (SSSR count). The van der Waals surface area contributed by atoms with Gasteiger partial charge in [0, 0.05) is 12.5 Å². The van der Waals surface area contributed by atoms with Crippen molar-refractivity contribution in [3.05, 3.63) is 12.2 Å². The Hall–Kier alpha value is -2.42. The number of nitrogens with one attached hydrogen (secondary N) is 1. The van der Waals surface area contributed by atoms with E-state index in [1.165, 1.54) is 4.90 Å². The van der Waals surface area contributed by atoms with E-state index >= 15 is 0 Å². The van der Waals surface area contributed by atoms with Crippen molar-refractivity contribution < 1.29 is 29.4 Å². The predicted molar refractivity (Wildman–Crippen MR) is 86.4 cm³/mol. The fourth-order valence-electron chi connectivity index (χ4n) is 3.29. The maximum Gasteiger partial charge on any atom is 0.326 e. The number of hydrogen-bond donors (Lipinski definition) is 4. The first-order valence-corrected chi connectivity index (χ1v) is 8.29. The molecule has 2 heterocycles. The minimum atomic E-state index is -1.30. The number of carbonyl (C=O) groups is 4. The number of nitrogens with two attached hydrogens (primary N) is 1. The highest BCUT2D eigenvalue weighted by molar-refractivity contribution is 5.92. The van der Waals surface area contributed by atoms with Crippen LogP contribution in [0.4, 0.5) is 0 Å². The van der Waals surface area contributed by atoms with Gasteiger partial charge in [-0.1, -0.05) is 12.2 Å². The lowest BCUT2D eigenvalue weighted by atomic mass is 10.1. The van der Waals surface area contributed by atoms with E-state index in [-0.39, 0.29) is 24.8 Å². The zero-order valence-electron chi connectivity index (χ0n) is 13.8. The molecule has 0 radical (unpaired) electrons. The zero-order valence-corrected chi connectivity index (χ0v) is 13.8. The molecular weight excluding hydrogens is 330 g/mol. The van der Waals surface area contributed by atoms with Crippen molar-refractivity contribution in [1.29, 1.82) is 0 Å². The lowest BCUT2D eigenvalue weighted by Crippen LogP contribution is -2.56. The molecule has 0 aromatic rings. The van der Waals surface area contributed by atoms with Gasteiger partial charge in [0.2, 0.25) is 11.8 Å². The van der Waals surface area contributed by atoms with E-state index in [1.807, 2.05) is 12.2 Å². The van der Waals surface area contributed by atoms with Crippen LogP contribution in [0.2, 0.25) is 0 Å². The summed E-state index contributed by atoms with van der Waals surface area (Å²) in [4.78, 5) is 48.4. The van der Waals surface area contributed by atoms with Crippen LogP contribution in [0.15, 0.2) is 12.2 Å². The quantitative estimate of drug-likeness (QED) is 0.468. The Morgan fingerprint density at radius 3 is 2.56 bits per heavy atom. The van der Waals surface area contributed by atoms with Gasteiger partial charge in [0.05, 0.1) is 6.04 Å². The smallest absolute Gasteiger partial charge is 0.326 e. The fourth-order valence-corrected chi connectivity index (χ4v) is 3.29. The molecule has 2 aliphatic heterocycles. The van der Waals surface area contributed by atoms with Gasteiger partial charge in [-0.25, -0.2) is 4.79 Å². The van der Waals surface area contributed by atoms with Crippen molar-refractivity contribution in [2.75, 3.05) is 0 Å². The monoisotopic (exact) mass is 353 g/mol. The Morgan fingerprint density at radius 2 is 1.92 bits per heavy atom. The number of amides is 2. The molecule has 1 fully saturated rings. The summed E-state index contributed by atoms with van der Waals surface area (Å²) < 4.78 is 0. The Balaban J connectivity index is 2.09. The third kappa shape index (κ3) is 4.56. The predicted octanol–water partition coefficient (Wildman–Crippen LogP) is -0.542. The van der Waals surface area contributed by atoms with Gasteiger partial charge in [0.15, 0.2) is 0 Å². The average molecular weight is 353 g/mol. The summed E-state index contributed by atoms with van der Waals surface area (Å²) >= 11 is 0. The SMILES string of the molecule is N[C@H]1C/C=C\C[C@@H]2CC[C@@H](C(=O)N[C@@H](CCC(=O)O)C(=O)O)N2C1=O. The Labute approximate surface area is 144 Å². The minimum Gasteiger partial charge on any atom is -0.481 e. The van der Waals surface area contributed by atoms with Crippen molar-refractivity contribution in [2.45, 2.75) is 62.7 Å². The molecule has 0 aromatic heterocycles. The number of aliphatic carboxylic acids is 2. The van der Waals surface area contributed by atoms with Crippen LogP contribution in [-0.4, -0.2) is 63.0 Å². The molecule has 1 saturated heterocycles. The van der Waals surface area contributed by atoms with E-state index in [4.69, 9.17) is 15.9 Å². The largest absolute Gasteiger partial charge is 0.481 e. The van der Waals surface area contributed by atoms with Crippen LogP contribution in [0.5, 0.6) is 0 Å². The van der Waals surface area contributed by atoms with E-state index in [0.717, 1.165) is 0 Å². The van der Waals surface area contributed by atoms with E-state index in [0.29, 0.717) is 25.7 Å². The highest BCUT2D eigenvalue weighted by Crippen LogP contribution is 2.29. The van der Waals surface area contributed by atoms with Gasteiger partial charge < -0.3 is 26.2 Å². The van der Waals surface area contributed by atoms with E-state index in [9.17, 15) is 19.2 Å². The number of carboxylic acid groups (broad SMARTS) is 2. The summed E-state index contributed by atoms with van der Waals surface area (Å²) in [6, 6.07) is -2.94. The van der Waals surface area contributed by atoms with Crippen LogP contribution < -0.4 is 11.1 Å². The van der Waals surface area contributed by atoms with Crippen molar-refractivity contribution in [2.24, 2.45) is 5.73 Å².